The zero-order valence-corrected chi connectivity index (χ0v) is 10.1. The van der Waals surface area contributed by atoms with Gasteiger partial charge in [-0.15, -0.1) is 0 Å². The van der Waals surface area contributed by atoms with Gasteiger partial charge in [-0.1, -0.05) is 0 Å². The van der Waals surface area contributed by atoms with Gasteiger partial charge in [0, 0.05) is 6.07 Å². The second-order valence-electron chi connectivity index (χ2n) is 4.36. The van der Waals surface area contributed by atoms with E-state index < -0.39 is 42.8 Å². The largest absolute Gasteiger partial charge is 0.459 e. The van der Waals surface area contributed by atoms with Gasteiger partial charge in [0.25, 0.3) is 0 Å². The van der Waals surface area contributed by atoms with Crippen molar-refractivity contribution < 1.29 is 33.6 Å². The Bertz CT molecular complexity index is 468. The molecule has 1 aromatic carbocycles. The molecule has 0 unspecified atom stereocenters. The molecule has 4 atom stereocenters. The van der Waals surface area contributed by atoms with Gasteiger partial charge in [0.2, 0.25) is 6.29 Å². The van der Waals surface area contributed by atoms with Gasteiger partial charge in [-0.25, -0.2) is 8.78 Å². The first-order valence-corrected chi connectivity index (χ1v) is 5.68. The smallest absolute Gasteiger partial charge is 0.229 e. The van der Waals surface area contributed by atoms with E-state index in [1.54, 1.807) is 0 Å². The fourth-order valence-electron chi connectivity index (χ4n) is 1.81. The normalized spacial score (nSPS) is 30.6. The van der Waals surface area contributed by atoms with Crippen molar-refractivity contribution in [3.05, 3.63) is 29.3 Å². The molecule has 0 saturated carbocycles. The van der Waals surface area contributed by atoms with E-state index >= 15 is 0 Å². The van der Waals surface area contributed by atoms with Crippen LogP contribution in [0.5, 0.6) is 5.75 Å². The van der Waals surface area contributed by atoms with E-state index in [2.05, 4.69) is 0 Å². The summed E-state index contributed by atoms with van der Waals surface area (Å²) in [6, 6.07) is 1.78. The molecule has 1 aromatic rings. The summed E-state index contributed by atoms with van der Waals surface area (Å²) < 4.78 is 36.7. The third-order valence-electron chi connectivity index (χ3n) is 2.95. The third-order valence-corrected chi connectivity index (χ3v) is 2.95. The molecule has 106 valence electrons. The number of rotatable bonds is 3. The van der Waals surface area contributed by atoms with Gasteiger partial charge < -0.3 is 24.8 Å². The Hall–Kier alpha value is -1.28. The number of aryl methyl sites for hydroxylation is 1. The lowest BCUT2D eigenvalue weighted by atomic mass is 10.1. The van der Waals surface area contributed by atoms with Gasteiger partial charge in [0.1, 0.15) is 24.1 Å². The lowest BCUT2D eigenvalue weighted by molar-refractivity contribution is -0.117. The van der Waals surface area contributed by atoms with Crippen LogP contribution in [-0.4, -0.2) is 46.5 Å². The Morgan fingerprint density at radius 1 is 1.21 bits per heavy atom. The Kier molecular flexibility index (Phi) is 4.00. The minimum atomic E-state index is -1.43. The molecule has 1 saturated heterocycles. The summed E-state index contributed by atoms with van der Waals surface area (Å²) in [5, 5.41) is 28.0. The van der Waals surface area contributed by atoms with Crippen LogP contribution in [0, 0.1) is 18.6 Å². The number of halogens is 2. The Labute approximate surface area is 108 Å². The van der Waals surface area contributed by atoms with Crippen LogP contribution in [0.3, 0.4) is 0 Å². The van der Waals surface area contributed by atoms with E-state index in [1.807, 2.05) is 0 Å². The molecule has 0 amide bonds. The fraction of sp³-hybridized carbons (Fsp3) is 0.500. The van der Waals surface area contributed by atoms with Crippen LogP contribution < -0.4 is 4.74 Å². The summed E-state index contributed by atoms with van der Waals surface area (Å²) in [4.78, 5) is 0. The molecule has 2 rings (SSSR count). The van der Waals surface area contributed by atoms with Crippen molar-refractivity contribution in [1.29, 1.82) is 0 Å². The Balaban J connectivity index is 2.16. The van der Waals surface area contributed by atoms with E-state index in [1.165, 1.54) is 6.92 Å². The van der Waals surface area contributed by atoms with E-state index in [0.717, 1.165) is 6.07 Å². The highest BCUT2D eigenvalue weighted by molar-refractivity contribution is 5.31. The summed E-state index contributed by atoms with van der Waals surface area (Å²) in [5.74, 6) is -1.96. The highest BCUT2D eigenvalue weighted by atomic mass is 19.1. The molecular weight excluding hydrogens is 262 g/mol. The van der Waals surface area contributed by atoms with Gasteiger partial charge in [-0.2, -0.15) is 0 Å². The first kappa shape index (κ1) is 14.1. The molecule has 1 aliphatic heterocycles. The predicted octanol–water partition coefficient (Wildman–Crippen LogP) is 0.0910. The van der Waals surface area contributed by atoms with Crippen molar-refractivity contribution >= 4 is 0 Å². The van der Waals surface area contributed by atoms with E-state index in [9.17, 15) is 19.0 Å². The summed E-state index contributed by atoms with van der Waals surface area (Å²) >= 11 is 0. The Morgan fingerprint density at radius 3 is 2.47 bits per heavy atom. The molecule has 5 nitrogen and oxygen atoms in total. The van der Waals surface area contributed by atoms with Crippen LogP contribution in [0.25, 0.3) is 0 Å². The second kappa shape index (κ2) is 5.38. The lowest BCUT2D eigenvalue weighted by Crippen LogP contribution is -2.35. The number of benzene rings is 1. The quantitative estimate of drug-likeness (QED) is 0.729. The zero-order chi connectivity index (χ0) is 14.2. The summed E-state index contributed by atoms with van der Waals surface area (Å²) in [7, 11) is 0. The number of aliphatic hydroxyl groups excluding tert-OH is 3. The molecule has 3 N–H and O–H groups in total. The molecule has 1 aliphatic rings. The molecule has 7 heteroatoms. The first-order chi connectivity index (χ1) is 8.93. The average Bonchev–Trinajstić information content (AvgIpc) is 2.63. The van der Waals surface area contributed by atoms with Crippen LogP contribution >= 0.6 is 0 Å². The molecule has 0 radical (unpaired) electrons. The van der Waals surface area contributed by atoms with Crippen LogP contribution in [0.15, 0.2) is 12.1 Å². The number of aliphatic hydroxyl groups is 3. The zero-order valence-electron chi connectivity index (χ0n) is 10.1. The molecule has 1 fully saturated rings. The maximum Gasteiger partial charge on any atom is 0.229 e. The van der Waals surface area contributed by atoms with E-state index in [0.29, 0.717) is 6.07 Å². The van der Waals surface area contributed by atoms with Crippen molar-refractivity contribution in [2.24, 2.45) is 0 Å². The molecular formula is C12H14F2O5. The maximum atomic E-state index is 13.5. The van der Waals surface area contributed by atoms with E-state index in [-0.39, 0.29) is 11.3 Å². The van der Waals surface area contributed by atoms with Crippen molar-refractivity contribution in [3.8, 4) is 5.75 Å². The molecule has 19 heavy (non-hydrogen) atoms. The maximum absolute atomic E-state index is 13.5. The van der Waals surface area contributed by atoms with Gasteiger partial charge in [0.05, 0.1) is 6.61 Å². The van der Waals surface area contributed by atoms with Crippen LogP contribution in [0.2, 0.25) is 0 Å². The van der Waals surface area contributed by atoms with Gasteiger partial charge in [0.15, 0.2) is 11.6 Å². The molecule has 1 heterocycles. The van der Waals surface area contributed by atoms with Crippen LogP contribution in [-0.2, 0) is 4.74 Å². The Morgan fingerprint density at radius 2 is 1.89 bits per heavy atom. The van der Waals surface area contributed by atoms with Crippen molar-refractivity contribution in [1.82, 2.24) is 0 Å². The van der Waals surface area contributed by atoms with Crippen molar-refractivity contribution in [2.75, 3.05) is 6.61 Å². The molecule has 0 aromatic heterocycles. The monoisotopic (exact) mass is 276 g/mol. The average molecular weight is 276 g/mol. The highest BCUT2D eigenvalue weighted by Gasteiger charge is 2.44. The summed E-state index contributed by atoms with van der Waals surface area (Å²) in [6.45, 7) is 0.919. The standard InChI is InChI=1S/C12H14F2O5/c1-5-2-8(7(14)3-6(5)13)18-12-11(17)10(16)9(4-15)19-12/h2-3,9-12,15-17H,4H2,1H3/t9-,10-,11-,12-/m1/s1. The molecule has 0 bridgehead atoms. The minimum absolute atomic E-state index is 0.170. The van der Waals surface area contributed by atoms with Crippen LogP contribution in [0.1, 0.15) is 5.56 Å². The predicted molar refractivity (Wildman–Crippen MR) is 59.5 cm³/mol. The summed E-state index contributed by atoms with van der Waals surface area (Å²) in [6.07, 6.45) is -5.10. The molecule has 0 aliphatic carbocycles. The van der Waals surface area contributed by atoms with Crippen LogP contribution in [0.4, 0.5) is 8.78 Å². The topological polar surface area (TPSA) is 79.2 Å². The third kappa shape index (κ3) is 2.69. The number of hydrogen-bond donors (Lipinski definition) is 3. The highest BCUT2D eigenvalue weighted by Crippen LogP contribution is 2.27. The fourth-order valence-corrected chi connectivity index (χ4v) is 1.81. The molecule has 0 spiro atoms. The SMILES string of the molecule is Cc1cc(O[C@@H]2O[C@H](CO)[C@@H](O)[C@H]2O)c(F)cc1F. The summed E-state index contributed by atoms with van der Waals surface area (Å²) in [5.41, 5.74) is 0.170. The number of ether oxygens (including phenoxy) is 2. The van der Waals surface area contributed by atoms with Crippen molar-refractivity contribution in [2.45, 2.75) is 31.5 Å². The lowest BCUT2D eigenvalue weighted by Gasteiger charge is -2.17. The van der Waals surface area contributed by atoms with E-state index in [4.69, 9.17) is 14.6 Å². The van der Waals surface area contributed by atoms with Crippen molar-refractivity contribution in [3.63, 3.8) is 0 Å². The van der Waals surface area contributed by atoms with Gasteiger partial charge in [-0.3, -0.25) is 0 Å². The second-order valence-corrected chi connectivity index (χ2v) is 4.36. The first-order valence-electron chi connectivity index (χ1n) is 5.68. The van der Waals surface area contributed by atoms with Gasteiger partial charge >= 0.3 is 0 Å². The number of hydrogen-bond acceptors (Lipinski definition) is 5. The van der Waals surface area contributed by atoms with Gasteiger partial charge in [-0.05, 0) is 18.6 Å². The minimum Gasteiger partial charge on any atom is -0.459 e.